The van der Waals surface area contributed by atoms with Gasteiger partial charge in [0.1, 0.15) is 11.1 Å². The normalized spacial score (nSPS) is 20.6. The topological polar surface area (TPSA) is 73.5 Å². The van der Waals surface area contributed by atoms with E-state index in [9.17, 15) is 0 Å². The molecule has 1 spiro atoms. The molecule has 2 aromatic rings. The second-order valence-corrected chi connectivity index (χ2v) is 6.40. The van der Waals surface area contributed by atoms with Crippen molar-refractivity contribution in [3.8, 4) is 5.88 Å². The fourth-order valence-electron chi connectivity index (χ4n) is 3.09. The Morgan fingerprint density at radius 1 is 1.50 bits per heavy atom. The molecule has 2 aliphatic heterocycles. The van der Waals surface area contributed by atoms with Gasteiger partial charge in [-0.15, -0.1) is 0 Å². The third-order valence-corrected chi connectivity index (χ3v) is 4.97. The first-order valence-corrected chi connectivity index (χ1v) is 7.50. The van der Waals surface area contributed by atoms with Crippen LogP contribution in [0.1, 0.15) is 12.8 Å². The number of ether oxygens (including phenoxy) is 2. The number of thiazole rings is 1. The number of methoxy groups -OCH3 is 1. The van der Waals surface area contributed by atoms with E-state index in [2.05, 4.69) is 14.9 Å². The summed E-state index contributed by atoms with van der Waals surface area (Å²) in [4.78, 5) is 11.0. The van der Waals surface area contributed by atoms with Crippen LogP contribution in [0.25, 0.3) is 10.2 Å². The summed E-state index contributed by atoms with van der Waals surface area (Å²) in [5.74, 6) is 0.532. The summed E-state index contributed by atoms with van der Waals surface area (Å²) in [5.41, 5.74) is 7.74. The van der Waals surface area contributed by atoms with Crippen LogP contribution in [0.3, 0.4) is 0 Å². The second-order valence-electron chi connectivity index (χ2n) is 5.37. The van der Waals surface area contributed by atoms with Gasteiger partial charge < -0.3 is 20.1 Å². The average molecular weight is 292 g/mol. The van der Waals surface area contributed by atoms with Gasteiger partial charge >= 0.3 is 0 Å². The Labute approximate surface area is 120 Å². The van der Waals surface area contributed by atoms with Crippen molar-refractivity contribution in [3.05, 3.63) is 6.20 Å². The van der Waals surface area contributed by atoms with Gasteiger partial charge in [0.25, 0.3) is 0 Å². The van der Waals surface area contributed by atoms with E-state index in [4.69, 9.17) is 15.2 Å². The van der Waals surface area contributed by atoms with E-state index in [1.165, 1.54) is 11.3 Å². The standard InChI is InChI=1S/C13H16N4O2S/c1-18-11-9-10(20-12(14)16-9)8(5-15-11)17-6-13(7-17)3-2-4-19-13/h5H,2-4,6-7H2,1H3,(H2,14,16). The maximum atomic E-state index is 5.87. The zero-order chi connectivity index (χ0) is 13.7. The van der Waals surface area contributed by atoms with Gasteiger partial charge in [-0.05, 0) is 12.8 Å². The van der Waals surface area contributed by atoms with E-state index in [0.29, 0.717) is 11.0 Å². The number of nitrogen functional groups attached to an aromatic ring is 1. The molecule has 0 atom stereocenters. The van der Waals surface area contributed by atoms with Gasteiger partial charge in [-0.25, -0.2) is 9.97 Å². The molecule has 0 amide bonds. The Kier molecular flexibility index (Phi) is 2.55. The van der Waals surface area contributed by atoms with Crippen LogP contribution in [0, 0.1) is 0 Å². The lowest BCUT2D eigenvalue weighted by atomic mass is 9.90. The molecule has 20 heavy (non-hydrogen) atoms. The predicted molar refractivity (Wildman–Crippen MR) is 78.5 cm³/mol. The van der Waals surface area contributed by atoms with Crippen molar-refractivity contribution < 1.29 is 9.47 Å². The number of aromatic nitrogens is 2. The quantitative estimate of drug-likeness (QED) is 0.907. The molecule has 4 heterocycles. The van der Waals surface area contributed by atoms with Crippen molar-refractivity contribution in [2.75, 3.05) is 37.4 Å². The van der Waals surface area contributed by atoms with Gasteiger partial charge in [-0.2, -0.15) is 0 Å². The zero-order valence-corrected chi connectivity index (χ0v) is 12.1. The van der Waals surface area contributed by atoms with Crippen molar-refractivity contribution in [1.82, 2.24) is 9.97 Å². The highest BCUT2D eigenvalue weighted by Crippen LogP contribution is 2.43. The van der Waals surface area contributed by atoms with Crippen LogP contribution in [-0.4, -0.2) is 42.4 Å². The fraction of sp³-hybridized carbons (Fsp3) is 0.538. The molecule has 0 aliphatic carbocycles. The Morgan fingerprint density at radius 3 is 3.05 bits per heavy atom. The number of anilines is 2. The molecule has 2 saturated heterocycles. The Morgan fingerprint density at radius 2 is 2.35 bits per heavy atom. The summed E-state index contributed by atoms with van der Waals surface area (Å²) in [6.07, 6.45) is 4.17. The van der Waals surface area contributed by atoms with Crippen molar-refractivity contribution in [3.63, 3.8) is 0 Å². The molecule has 2 aliphatic rings. The first kappa shape index (κ1) is 12.2. The first-order chi connectivity index (χ1) is 9.71. The van der Waals surface area contributed by atoms with Gasteiger partial charge in [0.15, 0.2) is 5.13 Å². The Balaban J connectivity index is 1.71. The van der Waals surface area contributed by atoms with E-state index in [-0.39, 0.29) is 5.60 Å². The van der Waals surface area contributed by atoms with Crippen molar-refractivity contribution >= 4 is 32.4 Å². The lowest BCUT2D eigenvalue weighted by molar-refractivity contribution is -0.0179. The number of nitrogens with two attached hydrogens (primary N) is 1. The smallest absolute Gasteiger partial charge is 0.241 e. The van der Waals surface area contributed by atoms with Gasteiger partial charge in [0, 0.05) is 19.7 Å². The largest absolute Gasteiger partial charge is 0.479 e. The van der Waals surface area contributed by atoms with Crippen LogP contribution in [-0.2, 0) is 4.74 Å². The summed E-state index contributed by atoms with van der Waals surface area (Å²) in [7, 11) is 1.60. The van der Waals surface area contributed by atoms with E-state index in [1.807, 2.05) is 6.20 Å². The van der Waals surface area contributed by atoms with E-state index in [0.717, 1.165) is 48.4 Å². The number of rotatable bonds is 2. The van der Waals surface area contributed by atoms with Crippen LogP contribution >= 0.6 is 11.3 Å². The van der Waals surface area contributed by atoms with Crippen molar-refractivity contribution in [1.29, 1.82) is 0 Å². The van der Waals surface area contributed by atoms with Crippen LogP contribution in [0.15, 0.2) is 6.20 Å². The minimum absolute atomic E-state index is 0.0719. The molecule has 106 valence electrons. The molecule has 2 fully saturated rings. The molecule has 0 unspecified atom stereocenters. The van der Waals surface area contributed by atoms with Gasteiger partial charge in [-0.3, -0.25) is 0 Å². The molecule has 7 heteroatoms. The highest BCUT2D eigenvalue weighted by Gasteiger charge is 2.47. The molecule has 0 saturated carbocycles. The van der Waals surface area contributed by atoms with Gasteiger partial charge in [-0.1, -0.05) is 11.3 Å². The lowest BCUT2D eigenvalue weighted by Gasteiger charge is -2.48. The number of fused-ring (bicyclic) bond motifs is 1. The van der Waals surface area contributed by atoms with Crippen molar-refractivity contribution in [2.24, 2.45) is 0 Å². The number of hydrogen-bond donors (Lipinski definition) is 1. The van der Waals surface area contributed by atoms with Crippen molar-refractivity contribution in [2.45, 2.75) is 18.4 Å². The lowest BCUT2D eigenvalue weighted by Crippen LogP contribution is -2.61. The molecule has 0 radical (unpaired) electrons. The van der Waals surface area contributed by atoms with E-state index >= 15 is 0 Å². The van der Waals surface area contributed by atoms with Crippen LogP contribution in [0.5, 0.6) is 5.88 Å². The fourth-order valence-corrected chi connectivity index (χ4v) is 3.96. The monoisotopic (exact) mass is 292 g/mol. The first-order valence-electron chi connectivity index (χ1n) is 6.69. The summed E-state index contributed by atoms with van der Waals surface area (Å²) in [5, 5.41) is 0.542. The molecule has 0 bridgehead atoms. The van der Waals surface area contributed by atoms with Crippen LogP contribution < -0.4 is 15.4 Å². The zero-order valence-electron chi connectivity index (χ0n) is 11.3. The molecule has 4 rings (SSSR count). The molecule has 2 aromatic heterocycles. The van der Waals surface area contributed by atoms with E-state index < -0.39 is 0 Å². The van der Waals surface area contributed by atoms with Crippen LogP contribution in [0.2, 0.25) is 0 Å². The number of pyridine rings is 1. The molecular formula is C13H16N4O2S. The summed E-state index contributed by atoms with van der Waals surface area (Å²) in [6.45, 7) is 2.74. The summed E-state index contributed by atoms with van der Waals surface area (Å²) in [6, 6.07) is 0. The highest BCUT2D eigenvalue weighted by molar-refractivity contribution is 7.22. The van der Waals surface area contributed by atoms with Gasteiger partial charge in [0.05, 0.1) is 23.7 Å². The van der Waals surface area contributed by atoms with Crippen LogP contribution in [0.4, 0.5) is 10.8 Å². The van der Waals surface area contributed by atoms with E-state index in [1.54, 1.807) is 7.11 Å². The predicted octanol–water partition coefficient (Wildman–Crippen LogP) is 1.65. The highest BCUT2D eigenvalue weighted by atomic mass is 32.1. The maximum absolute atomic E-state index is 5.87. The van der Waals surface area contributed by atoms with Gasteiger partial charge in [0.2, 0.25) is 5.88 Å². The summed E-state index contributed by atoms with van der Waals surface area (Å²) < 4.78 is 12.2. The number of nitrogens with zero attached hydrogens (tertiary/aromatic N) is 3. The molecule has 0 aromatic carbocycles. The third kappa shape index (κ3) is 1.66. The Bertz CT molecular complexity index is 658. The Hall–Kier alpha value is -1.60. The minimum atomic E-state index is 0.0719. The minimum Gasteiger partial charge on any atom is -0.479 e. The maximum Gasteiger partial charge on any atom is 0.241 e. The number of hydrogen-bond acceptors (Lipinski definition) is 7. The SMILES string of the molecule is COc1ncc(N2CC3(CCCO3)C2)c2sc(N)nc12. The average Bonchev–Trinajstić information content (AvgIpc) is 3.01. The second kappa shape index (κ2) is 4.20. The molecular weight excluding hydrogens is 276 g/mol. The summed E-state index contributed by atoms with van der Waals surface area (Å²) >= 11 is 1.48. The third-order valence-electron chi connectivity index (χ3n) is 4.06. The molecule has 2 N–H and O–H groups in total. The molecule has 6 nitrogen and oxygen atoms in total.